The summed E-state index contributed by atoms with van der Waals surface area (Å²) in [6, 6.07) is 0. The second kappa shape index (κ2) is 5.27. The van der Waals surface area contributed by atoms with Gasteiger partial charge in [0.05, 0.1) is 6.20 Å². The molecule has 1 aromatic heterocycles. The van der Waals surface area contributed by atoms with E-state index in [2.05, 4.69) is 27.6 Å². The summed E-state index contributed by atoms with van der Waals surface area (Å²) >= 11 is 0. The molecule has 4 N–H and O–H groups in total. The van der Waals surface area contributed by atoms with E-state index in [1.54, 1.807) is 0 Å². The first kappa shape index (κ1) is 12.0. The van der Waals surface area contributed by atoms with Gasteiger partial charge in [-0.3, -0.25) is 5.43 Å². The third-order valence-corrected chi connectivity index (χ3v) is 3.23. The van der Waals surface area contributed by atoms with Gasteiger partial charge in [-0.1, -0.05) is 13.3 Å². The van der Waals surface area contributed by atoms with Crippen molar-refractivity contribution in [1.82, 2.24) is 9.97 Å². The van der Waals surface area contributed by atoms with E-state index >= 15 is 0 Å². The van der Waals surface area contributed by atoms with Gasteiger partial charge in [0.25, 0.3) is 0 Å². The van der Waals surface area contributed by atoms with Gasteiger partial charge in [0.1, 0.15) is 0 Å². The number of hydrogen-bond donors (Lipinski definition) is 3. The van der Waals surface area contributed by atoms with Crippen molar-refractivity contribution in [1.29, 1.82) is 0 Å². The molecule has 0 aliphatic heterocycles. The first-order chi connectivity index (χ1) is 8.19. The monoisotopic (exact) mass is 239 g/mol. The Morgan fingerprint density at radius 1 is 1.53 bits per heavy atom. The molecule has 94 valence electrons. The van der Waals surface area contributed by atoms with Crippen molar-refractivity contribution < 1.29 is 4.39 Å². The van der Waals surface area contributed by atoms with Crippen LogP contribution in [0.15, 0.2) is 6.20 Å². The van der Waals surface area contributed by atoms with Crippen molar-refractivity contribution in [3.8, 4) is 0 Å². The van der Waals surface area contributed by atoms with Crippen LogP contribution in [0.4, 0.5) is 16.2 Å². The molecule has 5 nitrogen and oxygen atoms in total. The number of nitrogens with one attached hydrogen (secondary N) is 2. The Morgan fingerprint density at radius 3 is 3.00 bits per heavy atom. The molecule has 1 heterocycles. The molecule has 17 heavy (non-hydrogen) atoms. The molecule has 0 aromatic carbocycles. The Morgan fingerprint density at radius 2 is 2.35 bits per heavy atom. The van der Waals surface area contributed by atoms with E-state index in [1.807, 2.05) is 0 Å². The highest BCUT2D eigenvalue weighted by Crippen LogP contribution is 2.30. The van der Waals surface area contributed by atoms with Crippen LogP contribution in [0.2, 0.25) is 0 Å². The summed E-state index contributed by atoms with van der Waals surface area (Å²) in [6.45, 7) is 3.00. The molecule has 0 radical (unpaired) electrons. The topological polar surface area (TPSA) is 75.9 Å². The zero-order valence-corrected chi connectivity index (χ0v) is 9.91. The zero-order valence-electron chi connectivity index (χ0n) is 9.91. The summed E-state index contributed by atoms with van der Waals surface area (Å²) in [4.78, 5) is 7.62. The smallest absolute Gasteiger partial charge is 0.239 e. The lowest BCUT2D eigenvalue weighted by Gasteiger charge is -2.12. The van der Waals surface area contributed by atoms with Gasteiger partial charge in [0.2, 0.25) is 5.95 Å². The van der Waals surface area contributed by atoms with Gasteiger partial charge in [-0.05, 0) is 24.7 Å². The zero-order chi connectivity index (χ0) is 12.3. The van der Waals surface area contributed by atoms with Gasteiger partial charge in [-0.2, -0.15) is 4.98 Å². The molecule has 1 saturated carbocycles. The fraction of sp³-hybridized carbons (Fsp3) is 0.636. The molecule has 2 unspecified atom stereocenters. The third-order valence-electron chi connectivity index (χ3n) is 3.23. The van der Waals surface area contributed by atoms with Crippen molar-refractivity contribution in [2.75, 3.05) is 17.3 Å². The van der Waals surface area contributed by atoms with Gasteiger partial charge in [-0.15, -0.1) is 0 Å². The van der Waals surface area contributed by atoms with Crippen LogP contribution in [-0.4, -0.2) is 16.5 Å². The minimum absolute atomic E-state index is 0.215. The number of nitrogens with zero attached hydrogens (tertiary/aromatic N) is 2. The number of nitrogen functional groups attached to an aromatic ring is 1. The van der Waals surface area contributed by atoms with Gasteiger partial charge < -0.3 is 5.32 Å². The molecule has 1 fully saturated rings. The predicted octanol–water partition coefficient (Wildman–Crippen LogP) is 1.75. The minimum Gasteiger partial charge on any atom is -0.367 e. The number of rotatable bonds is 4. The molecule has 1 aromatic rings. The summed E-state index contributed by atoms with van der Waals surface area (Å²) in [5, 5.41) is 3.03. The lowest BCUT2D eigenvalue weighted by molar-refractivity contribution is 0.533. The quantitative estimate of drug-likeness (QED) is 0.551. The predicted molar refractivity (Wildman–Crippen MR) is 64.8 cm³/mol. The number of hydrogen-bond acceptors (Lipinski definition) is 5. The van der Waals surface area contributed by atoms with Crippen molar-refractivity contribution >= 4 is 11.8 Å². The van der Waals surface area contributed by atoms with Crippen LogP contribution >= 0.6 is 0 Å². The average Bonchev–Trinajstić information content (AvgIpc) is 2.74. The number of halogens is 1. The second-order valence-corrected chi connectivity index (χ2v) is 4.70. The third kappa shape index (κ3) is 3.03. The SMILES string of the molecule is CC1CCC(CNc2nc(NN)ncc2F)C1. The molecule has 2 rings (SSSR count). The van der Waals surface area contributed by atoms with Crippen LogP contribution in [0.25, 0.3) is 0 Å². The fourth-order valence-corrected chi connectivity index (χ4v) is 2.31. The van der Waals surface area contributed by atoms with Crippen molar-refractivity contribution in [3.63, 3.8) is 0 Å². The fourth-order valence-electron chi connectivity index (χ4n) is 2.31. The van der Waals surface area contributed by atoms with E-state index in [0.717, 1.165) is 18.7 Å². The molecular weight excluding hydrogens is 221 g/mol. The number of nitrogens with two attached hydrogens (primary N) is 1. The lowest BCUT2D eigenvalue weighted by Crippen LogP contribution is -2.16. The Bertz CT molecular complexity index is 384. The summed E-state index contributed by atoms with van der Waals surface area (Å²) < 4.78 is 13.4. The van der Waals surface area contributed by atoms with Crippen molar-refractivity contribution in [2.45, 2.75) is 26.2 Å². The van der Waals surface area contributed by atoms with Crippen LogP contribution in [0, 0.1) is 17.7 Å². The largest absolute Gasteiger partial charge is 0.367 e. The van der Waals surface area contributed by atoms with Crippen LogP contribution in [-0.2, 0) is 0 Å². The summed E-state index contributed by atoms with van der Waals surface area (Å²) in [6.07, 6.45) is 4.76. The molecule has 1 aliphatic rings. The van der Waals surface area contributed by atoms with Gasteiger partial charge in [0.15, 0.2) is 11.6 Å². The molecule has 2 atom stereocenters. The van der Waals surface area contributed by atoms with Gasteiger partial charge >= 0.3 is 0 Å². The lowest BCUT2D eigenvalue weighted by atomic mass is 10.1. The molecule has 6 heteroatoms. The van der Waals surface area contributed by atoms with E-state index < -0.39 is 5.82 Å². The van der Waals surface area contributed by atoms with Crippen molar-refractivity contribution in [3.05, 3.63) is 12.0 Å². The van der Waals surface area contributed by atoms with E-state index in [4.69, 9.17) is 5.84 Å². The number of hydrazine groups is 1. The maximum atomic E-state index is 13.4. The first-order valence-electron chi connectivity index (χ1n) is 5.92. The van der Waals surface area contributed by atoms with E-state index in [1.165, 1.54) is 19.3 Å². The summed E-state index contributed by atoms with van der Waals surface area (Å²) in [7, 11) is 0. The molecule has 0 amide bonds. The second-order valence-electron chi connectivity index (χ2n) is 4.70. The van der Waals surface area contributed by atoms with E-state index in [9.17, 15) is 4.39 Å². The average molecular weight is 239 g/mol. The highest BCUT2D eigenvalue weighted by molar-refractivity contribution is 5.40. The first-order valence-corrected chi connectivity index (χ1v) is 5.92. The summed E-state index contributed by atoms with van der Waals surface area (Å²) in [5.74, 6) is 6.54. The number of anilines is 2. The molecular formula is C11H18FN5. The number of aromatic nitrogens is 2. The maximum Gasteiger partial charge on any atom is 0.239 e. The molecule has 0 saturated heterocycles. The Kier molecular flexibility index (Phi) is 3.73. The van der Waals surface area contributed by atoms with Crippen molar-refractivity contribution in [2.24, 2.45) is 17.7 Å². The molecule has 1 aliphatic carbocycles. The minimum atomic E-state index is -0.449. The van der Waals surface area contributed by atoms with Gasteiger partial charge in [-0.25, -0.2) is 15.2 Å². The highest BCUT2D eigenvalue weighted by Gasteiger charge is 2.21. The van der Waals surface area contributed by atoms with E-state index in [-0.39, 0.29) is 11.8 Å². The van der Waals surface area contributed by atoms with Crippen LogP contribution in [0.1, 0.15) is 26.2 Å². The van der Waals surface area contributed by atoms with Crippen LogP contribution in [0.5, 0.6) is 0 Å². The van der Waals surface area contributed by atoms with E-state index in [0.29, 0.717) is 5.92 Å². The van der Waals surface area contributed by atoms with Crippen LogP contribution in [0.3, 0.4) is 0 Å². The Hall–Kier alpha value is -1.43. The summed E-state index contributed by atoms with van der Waals surface area (Å²) in [5.41, 5.74) is 2.30. The molecule has 0 spiro atoms. The Balaban J connectivity index is 1.94. The molecule has 0 bridgehead atoms. The maximum absolute atomic E-state index is 13.4. The highest BCUT2D eigenvalue weighted by atomic mass is 19.1. The Labute approximate surface area is 100.0 Å². The standard InChI is InChI=1S/C11H18FN5/c1-7-2-3-8(4-7)5-14-10-9(12)6-15-11(16-10)17-13/h6-8H,2-5,13H2,1H3,(H2,14,15,16,17). The normalized spacial score (nSPS) is 23.7. The van der Waals surface area contributed by atoms with Crippen LogP contribution < -0.4 is 16.6 Å². The van der Waals surface area contributed by atoms with Gasteiger partial charge in [0, 0.05) is 6.54 Å².